The number of allylic oxidation sites excluding steroid dienone is 1. The minimum Gasteiger partial charge on any atom is -0.382 e. The van der Waals surface area contributed by atoms with E-state index in [0.29, 0.717) is 23.2 Å². The highest BCUT2D eigenvalue weighted by Gasteiger charge is 2.22. The quantitative estimate of drug-likeness (QED) is 0.343. The summed E-state index contributed by atoms with van der Waals surface area (Å²) in [5.41, 5.74) is 7.57. The summed E-state index contributed by atoms with van der Waals surface area (Å²) in [6, 6.07) is 5.41. The number of pyridine rings is 1. The van der Waals surface area contributed by atoms with Gasteiger partial charge in [-0.15, -0.1) is 0 Å². The first-order valence-electron chi connectivity index (χ1n) is 11.1. The number of H-pyrrole nitrogens is 1. The zero-order chi connectivity index (χ0) is 25.4. The van der Waals surface area contributed by atoms with Crippen LogP contribution in [0.4, 0.5) is 14.6 Å². The molecule has 0 aliphatic carbocycles. The van der Waals surface area contributed by atoms with E-state index in [1.54, 1.807) is 16.1 Å². The molecule has 1 aromatic carbocycles. The second-order valence-electron chi connectivity index (χ2n) is 8.41. The average Bonchev–Trinajstić information content (AvgIpc) is 3.38. The number of aryl methyl sites for hydroxylation is 1. The zero-order valence-electron chi connectivity index (χ0n) is 19.6. The lowest BCUT2D eigenvalue weighted by Crippen LogP contribution is -2.22. The van der Waals surface area contributed by atoms with Crippen molar-refractivity contribution in [2.45, 2.75) is 32.2 Å². The fourth-order valence-electron chi connectivity index (χ4n) is 4.25. The number of hydrogen-bond donors (Lipinski definition) is 2. The van der Waals surface area contributed by atoms with Crippen molar-refractivity contribution in [2.24, 2.45) is 7.05 Å². The SMILES string of the molecule is C=C(CC[C@H](CC)N(C)Cl)c1cc(-c2cn(-c3c(F)cccc3F)c(=O)c3c(N)n[nH]c23)nn1C. The van der Waals surface area contributed by atoms with E-state index in [1.165, 1.54) is 12.3 Å². The van der Waals surface area contributed by atoms with Gasteiger partial charge in [-0.25, -0.2) is 13.2 Å². The van der Waals surface area contributed by atoms with Crippen LogP contribution in [0.25, 0.3) is 33.4 Å². The molecule has 8 nitrogen and oxygen atoms in total. The van der Waals surface area contributed by atoms with Gasteiger partial charge in [-0.2, -0.15) is 10.2 Å². The smallest absolute Gasteiger partial charge is 0.268 e. The molecule has 0 saturated heterocycles. The van der Waals surface area contributed by atoms with Gasteiger partial charge in [0.25, 0.3) is 5.56 Å². The molecule has 11 heteroatoms. The van der Waals surface area contributed by atoms with Gasteiger partial charge in [0.1, 0.15) is 22.7 Å². The second-order valence-corrected chi connectivity index (χ2v) is 8.95. The Morgan fingerprint density at radius 2 is 2.03 bits per heavy atom. The van der Waals surface area contributed by atoms with Crippen LogP contribution in [-0.2, 0) is 7.05 Å². The maximum absolute atomic E-state index is 14.6. The lowest BCUT2D eigenvalue weighted by Gasteiger charge is -2.20. The van der Waals surface area contributed by atoms with Gasteiger partial charge in [0.2, 0.25) is 0 Å². The molecule has 0 unspecified atom stereocenters. The Morgan fingerprint density at radius 3 is 2.66 bits per heavy atom. The van der Waals surface area contributed by atoms with Crippen molar-refractivity contribution >= 4 is 34.1 Å². The number of nitrogen functional groups attached to an aromatic ring is 1. The number of rotatable bonds is 8. The molecule has 0 bridgehead atoms. The highest BCUT2D eigenvalue weighted by Crippen LogP contribution is 2.31. The van der Waals surface area contributed by atoms with Crippen LogP contribution in [0.15, 0.2) is 41.8 Å². The van der Waals surface area contributed by atoms with Gasteiger partial charge in [0, 0.05) is 31.9 Å². The monoisotopic (exact) mass is 501 g/mol. The molecule has 4 aromatic rings. The van der Waals surface area contributed by atoms with Crippen molar-refractivity contribution in [1.82, 2.24) is 29.0 Å². The molecule has 184 valence electrons. The predicted molar refractivity (Wildman–Crippen MR) is 134 cm³/mol. The van der Waals surface area contributed by atoms with E-state index in [4.69, 9.17) is 17.5 Å². The Labute approximate surface area is 205 Å². The van der Waals surface area contributed by atoms with Crippen LogP contribution in [-0.4, -0.2) is 42.1 Å². The van der Waals surface area contributed by atoms with E-state index < -0.39 is 22.9 Å². The van der Waals surface area contributed by atoms with Crippen LogP contribution in [0.1, 0.15) is 31.9 Å². The van der Waals surface area contributed by atoms with Crippen molar-refractivity contribution in [3.8, 4) is 16.9 Å². The van der Waals surface area contributed by atoms with Crippen molar-refractivity contribution < 1.29 is 8.78 Å². The number of para-hydroxylation sites is 1. The topological polar surface area (TPSA) is 97.8 Å². The summed E-state index contributed by atoms with van der Waals surface area (Å²) in [6.07, 6.45) is 3.75. The molecule has 3 N–H and O–H groups in total. The molecule has 0 spiro atoms. The van der Waals surface area contributed by atoms with Crippen LogP contribution in [0.5, 0.6) is 0 Å². The standard InChI is InChI=1S/C24H26ClF2N7O/c1-5-14(32(3)25)10-9-13(2)19-11-18(31-33(19)4)15-12-34(22-16(26)7-6-8-17(22)27)24(35)20-21(15)29-30-23(20)28/h6-8,11-12,14H,2,5,9-10H2,1,3-4H3,(H3,28,29,30)/t14-/m0/s1. The van der Waals surface area contributed by atoms with E-state index >= 15 is 0 Å². The van der Waals surface area contributed by atoms with Crippen LogP contribution in [0.2, 0.25) is 0 Å². The molecule has 0 radical (unpaired) electrons. The van der Waals surface area contributed by atoms with E-state index in [1.807, 2.05) is 13.1 Å². The highest BCUT2D eigenvalue weighted by molar-refractivity contribution is 6.13. The number of benzene rings is 1. The summed E-state index contributed by atoms with van der Waals surface area (Å²) < 4.78 is 33.4. The minimum absolute atomic E-state index is 0.0205. The van der Waals surface area contributed by atoms with Crippen LogP contribution in [0, 0.1) is 11.6 Å². The first kappa shape index (κ1) is 24.6. The van der Waals surface area contributed by atoms with E-state index in [0.717, 1.165) is 40.8 Å². The number of hydrogen-bond acceptors (Lipinski definition) is 5. The summed E-state index contributed by atoms with van der Waals surface area (Å²) in [4.78, 5) is 13.1. The lowest BCUT2D eigenvalue weighted by atomic mass is 10.0. The number of aromatic nitrogens is 5. The fraction of sp³-hybridized carbons (Fsp3) is 0.292. The number of fused-ring (bicyclic) bond motifs is 1. The van der Waals surface area contributed by atoms with Crippen LogP contribution in [0.3, 0.4) is 0 Å². The number of nitrogens with zero attached hydrogens (tertiary/aromatic N) is 5. The summed E-state index contributed by atoms with van der Waals surface area (Å²) in [5.74, 6) is -1.85. The zero-order valence-corrected chi connectivity index (χ0v) is 20.4. The first-order valence-corrected chi connectivity index (χ1v) is 11.4. The van der Waals surface area contributed by atoms with Crippen molar-refractivity contribution in [3.05, 3.63) is 64.7 Å². The lowest BCUT2D eigenvalue weighted by molar-refractivity contribution is 0.364. The van der Waals surface area contributed by atoms with Gasteiger partial charge in [0.15, 0.2) is 5.82 Å². The molecule has 0 aliphatic heterocycles. The molecule has 35 heavy (non-hydrogen) atoms. The Morgan fingerprint density at radius 1 is 1.34 bits per heavy atom. The highest BCUT2D eigenvalue weighted by atomic mass is 35.5. The maximum Gasteiger partial charge on any atom is 0.268 e. The molecule has 1 atom stereocenters. The fourth-order valence-corrected chi connectivity index (χ4v) is 4.49. The molecule has 4 rings (SSSR count). The van der Waals surface area contributed by atoms with Gasteiger partial charge in [-0.1, -0.05) is 19.6 Å². The van der Waals surface area contributed by atoms with Crippen molar-refractivity contribution in [2.75, 3.05) is 12.8 Å². The van der Waals surface area contributed by atoms with E-state index in [-0.39, 0.29) is 17.2 Å². The molecule has 3 aromatic heterocycles. The molecule has 0 fully saturated rings. The number of nitrogens with two attached hydrogens (primary N) is 1. The summed E-state index contributed by atoms with van der Waals surface area (Å²) in [5, 5.41) is 11.3. The largest absolute Gasteiger partial charge is 0.382 e. The Hall–Kier alpha value is -3.50. The van der Waals surface area contributed by atoms with Gasteiger partial charge < -0.3 is 5.73 Å². The normalized spacial score (nSPS) is 12.5. The maximum atomic E-state index is 14.6. The summed E-state index contributed by atoms with van der Waals surface area (Å²) in [7, 11) is 3.61. The summed E-state index contributed by atoms with van der Waals surface area (Å²) in [6.45, 7) is 6.28. The van der Waals surface area contributed by atoms with Crippen molar-refractivity contribution in [3.63, 3.8) is 0 Å². The van der Waals surface area contributed by atoms with Gasteiger partial charge in [-0.05, 0) is 54.8 Å². The Balaban J connectivity index is 1.82. The molecular formula is C24H26ClF2N7O. The average molecular weight is 502 g/mol. The molecule has 0 aliphatic rings. The summed E-state index contributed by atoms with van der Waals surface area (Å²) >= 11 is 6.13. The third-order valence-electron chi connectivity index (χ3n) is 6.20. The molecule has 3 heterocycles. The molecular weight excluding hydrogens is 476 g/mol. The Kier molecular flexibility index (Phi) is 6.77. The van der Waals surface area contributed by atoms with E-state index in [9.17, 15) is 13.6 Å². The third kappa shape index (κ3) is 4.46. The number of halogens is 3. The van der Waals surface area contributed by atoms with Crippen LogP contribution >= 0.6 is 11.8 Å². The first-order chi connectivity index (χ1) is 16.6. The predicted octanol–water partition coefficient (Wildman–Crippen LogP) is 4.63. The van der Waals surface area contributed by atoms with Crippen LogP contribution < -0.4 is 11.3 Å². The molecule has 0 amide bonds. The van der Waals surface area contributed by atoms with Gasteiger partial charge >= 0.3 is 0 Å². The Bertz CT molecular complexity index is 1450. The van der Waals surface area contributed by atoms with Crippen molar-refractivity contribution in [1.29, 1.82) is 0 Å². The number of anilines is 1. The second kappa shape index (κ2) is 9.63. The number of nitrogens with one attached hydrogen (secondary N) is 1. The number of aromatic amines is 1. The molecule has 0 saturated carbocycles. The van der Waals surface area contributed by atoms with Gasteiger partial charge in [-0.3, -0.25) is 19.1 Å². The third-order valence-corrected chi connectivity index (χ3v) is 6.48. The van der Waals surface area contributed by atoms with Gasteiger partial charge in [0.05, 0.1) is 16.9 Å². The minimum atomic E-state index is -0.885. The van der Waals surface area contributed by atoms with E-state index in [2.05, 4.69) is 28.8 Å².